The molecule has 26 heavy (non-hydrogen) atoms. The standard InChI is InChI=1S/C18H14ClF3N4/c1-11-9-16(24-13-5-3-2-4-6-13)26-17(23-11)25-15-10-12(18(20,21)22)7-8-14(15)19/h2-10H,1H3,(H2,23,24,25,26). The first-order valence-corrected chi connectivity index (χ1v) is 8.00. The third-order valence-electron chi connectivity index (χ3n) is 3.44. The highest BCUT2D eigenvalue weighted by atomic mass is 35.5. The van der Waals surface area contributed by atoms with Crippen molar-refractivity contribution in [1.82, 2.24) is 9.97 Å². The minimum atomic E-state index is -4.46. The summed E-state index contributed by atoms with van der Waals surface area (Å²) in [6, 6.07) is 14.1. The van der Waals surface area contributed by atoms with Crippen molar-refractivity contribution in [2.45, 2.75) is 13.1 Å². The second-order valence-corrected chi connectivity index (χ2v) is 5.93. The molecule has 0 aliphatic rings. The van der Waals surface area contributed by atoms with Crippen LogP contribution >= 0.6 is 11.6 Å². The maximum Gasteiger partial charge on any atom is 0.416 e. The van der Waals surface area contributed by atoms with E-state index < -0.39 is 11.7 Å². The maximum atomic E-state index is 12.9. The topological polar surface area (TPSA) is 49.8 Å². The van der Waals surface area contributed by atoms with Crippen LogP contribution in [0.5, 0.6) is 0 Å². The van der Waals surface area contributed by atoms with Crippen LogP contribution in [0.2, 0.25) is 5.02 Å². The molecule has 0 saturated heterocycles. The van der Waals surface area contributed by atoms with Gasteiger partial charge in [-0.05, 0) is 37.3 Å². The van der Waals surface area contributed by atoms with Crippen molar-refractivity contribution in [3.05, 3.63) is 70.9 Å². The van der Waals surface area contributed by atoms with Gasteiger partial charge in [0, 0.05) is 17.4 Å². The molecule has 0 unspecified atom stereocenters. The van der Waals surface area contributed by atoms with Crippen LogP contribution in [0.25, 0.3) is 0 Å². The highest BCUT2D eigenvalue weighted by Crippen LogP contribution is 2.34. The lowest BCUT2D eigenvalue weighted by atomic mass is 10.2. The van der Waals surface area contributed by atoms with E-state index in [4.69, 9.17) is 11.6 Å². The molecule has 0 atom stereocenters. The SMILES string of the molecule is Cc1cc(Nc2ccccc2)nc(Nc2cc(C(F)(F)F)ccc2Cl)n1. The molecule has 0 aliphatic heterocycles. The molecule has 4 nitrogen and oxygen atoms in total. The van der Waals surface area contributed by atoms with Gasteiger partial charge in [0.2, 0.25) is 5.95 Å². The summed E-state index contributed by atoms with van der Waals surface area (Å²) < 4.78 is 38.7. The lowest BCUT2D eigenvalue weighted by Crippen LogP contribution is -2.07. The highest BCUT2D eigenvalue weighted by molar-refractivity contribution is 6.33. The van der Waals surface area contributed by atoms with Gasteiger partial charge in [-0.25, -0.2) is 4.98 Å². The van der Waals surface area contributed by atoms with Crippen LogP contribution in [0, 0.1) is 6.92 Å². The van der Waals surface area contributed by atoms with Crippen LogP contribution in [0.1, 0.15) is 11.3 Å². The van der Waals surface area contributed by atoms with E-state index in [0.29, 0.717) is 11.5 Å². The minimum Gasteiger partial charge on any atom is -0.340 e. The van der Waals surface area contributed by atoms with Gasteiger partial charge in [-0.2, -0.15) is 18.2 Å². The van der Waals surface area contributed by atoms with Gasteiger partial charge >= 0.3 is 6.18 Å². The zero-order valence-electron chi connectivity index (χ0n) is 13.6. The van der Waals surface area contributed by atoms with Crippen molar-refractivity contribution in [2.24, 2.45) is 0 Å². The van der Waals surface area contributed by atoms with E-state index >= 15 is 0 Å². The number of alkyl halides is 3. The molecule has 0 aliphatic carbocycles. The molecule has 0 spiro atoms. The highest BCUT2D eigenvalue weighted by Gasteiger charge is 2.31. The first-order chi connectivity index (χ1) is 12.3. The van der Waals surface area contributed by atoms with Gasteiger partial charge in [0.05, 0.1) is 16.3 Å². The zero-order valence-corrected chi connectivity index (χ0v) is 14.4. The van der Waals surface area contributed by atoms with Crippen molar-refractivity contribution in [3.8, 4) is 0 Å². The molecule has 3 aromatic rings. The number of benzene rings is 2. The summed E-state index contributed by atoms with van der Waals surface area (Å²) in [6.45, 7) is 1.76. The Hall–Kier alpha value is -2.80. The number of rotatable bonds is 4. The Balaban J connectivity index is 1.89. The summed E-state index contributed by atoms with van der Waals surface area (Å²) in [5, 5.41) is 6.01. The molecule has 1 heterocycles. The third-order valence-corrected chi connectivity index (χ3v) is 3.77. The number of halogens is 4. The summed E-state index contributed by atoms with van der Waals surface area (Å²) in [6.07, 6.45) is -4.46. The normalized spacial score (nSPS) is 11.3. The van der Waals surface area contributed by atoms with E-state index in [1.165, 1.54) is 6.07 Å². The van der Waals surface area contributed by atoms with Crippen molar-refractivity contribution < 1.29 is 13.2 Å². The largest absolute Gasteiger partial charge is 0.416 e. The summed E-state index contributed by atoms with van der Waals surface area (Å²) in [4.78, 5) is 8.49. The number of aromatic nitrogens is 2. The van der Waals surface area contributed by atoms with Crippen LogP contribution < -0.4 is 10.6 Å². The Bertz CT molecular complexity index is 914. The van der Waals surface area contributed by atoms with Crippen molar-refractivity contribution in [3.63, 3.8) is 0 Å². The predicted molar refractivity (Wildman–Crippen MR) is 96.2 cm³/mol. The first kappa shape index (κ1) is 18.0. The Morgan fingerprint density at radius 3 is 2.35 bits per heavy atom. The van der Waals surface area contributed by atoms with E-state index in [0.717, 1.165) is 17.8 Å². The molecular formula is C18H14ClF3N4. The molecule has 2 aromatic carbocycles. The fourth-order valence-electron chi connectivity index (χ4n) is 2.28. The Labute approximate surface area is 153 Å². The van der Waals surface area contributed by atoms with E-state index in [9.17, 15) is 13.2 Å². The number of nitrogens with one attached hydrogen (secondary N) is 2. The van der Waals surface area contributed by atoms with E-state index in [-0.39, 0.29) is 16.7 Å². The van der Waals surface area contributed by atoms with Crippen LogP contribution in [0.3, 0.4) is 0 Å². The quantitative estimate of drug-likeness (QED) is 0.589. The Kier molecular flexibility index (Phi) is 4.99. The second-order valence-electron chi connectivity index (χ2n) is 5.53. The van der Waals surface area contributed by atoms with Crippen LogP contribution in [0.4, 0.5) is 36.3 Å². The fourth-order valence-corrected chi connectivity index (χ4v) is 2.44. The molecule has 0 bridgehead atoms. The van der Waals surface area contributed by atoms with Crippen LogP contribution in [-0.4, -0.2) is 9.97 Å². The van der Waals surface area contributed by atoms with Gasteiger partial charge in [-0.3, -0.25) is 0 Å². The first-order valence-electron chi connectivity index (χ1n) is 7.63. The Morgan fingerprint density at radius 1 is 0.923 bits per heavy atom. The predicted octanol–water partition coefficient (Wildman–Crippen LogP) is 5.94. The van der Waals surface area contributed by atoms with Crippen molar-refractivity contribution in [2.75, 3.05) is 10.6 Å². The molecule has 1 aromatic heterocycles. The minimum absolute atomic E-state index is 0.0813. The third kappa shape index (κ3) is 4.43. The number of aryl methyl sites for hydroxylation is 1. The molecule has 2 N–H and O–H groups in total. The second kappa shape index (κ2) is 7.21. The van der Waals surface area contributed by atoms with Gasteiger partial charge in [-0.15, -0.1) is 0 Å². The van der Waals surface area contributed by atoms with Gasteiger partial charge < -0.3 is 10.6 Å². The molecule has 0 saturated carbocycles. The smallest absolute Gasteiger partial charge is 0.340 e. The van der Waals surface area contributed by atoms with Gasteiger partial charge in [0.25, 0.3) is 0 Å². The monoisotopic (exact) mass is 378 g/mol. The van der Waals surface area contributed by atoms with Crippen LogP contribution in [0.15, 0.2) is 54.6 Å². The number of nitrogens with zero attached hydrogens (tertiary/aromatic N) is 2. The molecule has 0 radical (unpaired) electrons. The van der Waals surface area contributed by atoms with Crippen molar-refractivity contribution in [1.29, 1.82) is 0 Å². The number of hydrogen-bond acceptors (Lipinski definition) is 4. The molecule has 8 heteroatoms. The van der Waals surface area contributed by atoms with Gasteiger partial charge in [-0.1, -0.05) is 29.8 Å². The number of para-hydroxylation sites is 1. The zero-order chi connectivity index (χ0) is 18.7. The van der Waals surface area contributed by atoms with E-state index in [1.807, 2.05) is 30.3 Å². The van der Waals surface area contributed by atoms with Crippen molar-refractivity contribution >= 4 is 34.7 Å². The van der Waals surface area contributed by atoms with Gasteiger partial charge in [0.1, 0.15) is 5.82 Å². The average molecular weight is 379 g/mol. The lowest BCUT2D eigenvalue weighted by molar-refractivity contribution is -0.137. The Morgan fingerprint density at radius 2 is 1.65 bits per heavy atom. The molecule has 3 rings (SSSR count). The maximum absolute atomic E-state index is 12.9. The van der Waals surface area contributed by atoms with E-state index in [2.05, 4.69) is 20.6 Å². The summed E-state index contributed by atoms with van der Waals surface area (Å²) >= 11 is 6.00. The summed E-state index contributed by atoms with van der Waals surface area (Å²) in [5.74, 6) is 0.652. The molecule has 0 fully saturated rings. The van der Waals surface area contributed by atoms with Gasteiger partial charge in [0.15, 0.2) is 0 Å². The molecule has 0 amide bonds. The fraction of sp³-hybridized carbons (Fsp3) is 0.111. The average Bonchev–Trinajstić information content (AvgIpc) is 2.56. The number of anilines is 4. The summed E-state index contributed by atoms with van der Waals surface area (Å²) in [7, 11) is 0. The number of hydrogen-bond donors (Lipinski definition) is 2. The van der Waals surface area contributed by atoms with Crippen LogP contribution in [-0.2, 0) is 6.18 Å². The summed E-state index contributed by atoms with van der Waals surface area (Å²) in [5.41, 5.74) is 0.745. The lowest BCUT2D eigenvalue weighted by Gasteiger charge is -2.13. The molecule has 134 valence electrons. The van der Waals surface area contributed by atoms with E-state index in [1.54, 1.807) is 13.0 Å². The molecular weight excluding hydrogens is 365 g/mol.